The van der Waals surface area contributed by atoms with E-state index in [9.17, 15) is 10.2 Å². The van der Waals surface area contributed by atoms with Gasteiger partial charge in [0.05, 0.1) is 6.10 Å². The molecule has 0 aliphatic carbocycles. The van der Waals surface area contributed by atoms with Crippen molar-refractivity contribution in [2.75, 3.05) is 11.9 Å². The first-order valence-corrected chi connectivity index (χ1v) is 5.93. The van der Waals surface area contributed by atoms with Crippen molar-refractivity contribution in [1.29, 1.82) is 0 Å². The van der Waals surface area contributed by atoms with E-state index in [1.54, 1.807) is 12.1 Å². The molecule has 4 heteroatoms. The zero-order valence-corrected chi connectivity index (χ0v) is 9.89. The summed E-state index contributed by atoms with van der Waals surface area (Å²) in [6, 6.07) is 7.25. The number of aliphatic hydroxyl groups excluding tert-OH is 3. The Balaban J connectivity index is 2.80. The van der Waals surface area contributed by atoms with Crippen LogP contribution < -0.4 is 0 Å². The Bertz CT molecular complexity index is 304. The molecule has 0 saturated heterocycles. The van der Waals surface area contributed by atoms with Gasteiger partial charge >= 0.3 is 0 Å². The topological polar surface area (TPSA) is 60.7 Å². The zero-order valence-electron chi connectivity index (χ0n) is 8.31. The zero-order chi connectivity index (χ0) is 11.3. The second-order valence-corrected chi connectivity index (χ2v) is 4.03. The van der Waals surface area contributed by atoms with Gasteiger partial charge in [0.25, 0.3) is 0 Å². The largest absolute Gasteiger partial charge is 0.396 e. The molecule has 15 heavy (non-hydrogen) atoms. The molecule has 0 spiro atoms. The lowest BCUT2D eigenvalue weighted by Crippen LogP contribution is -2.19. The standard InChI is InChI=1S/C11H15BrO3/c12-7-10(14)11(15)9-3-1-2-8(6-9)4-5-13/h1-3,6,10-11,13-15H,4-5,7H2. The molecule has 0 radical (unpaired) electrons. The van der Waals surface area contributed by atoms with Gasteiger partial charge in [-0.15, -0.1) is 0 Å². The van der Waals surface area contributed by atoms with E-state index in [1.807, 2.05) is 12.1 Å². The van der Waals surface area contributed by atoms with Crippen molar-refractivity contribution >= 4 is 15.9 Å². The molecule has 0 heterocycles. The van der Waals surface area contributed by atoms with Gasteiger partial charge in [0.2, 0.25) is 0 Å². The maximum Gasteiger partial charge on any atom is 0.106 e. The lowest BCUT2D eigenvalue weighted by Gasteiger charge is -2.16. The molecule has 0 aliphatic rings. The van der Waals surface area contributed by atoms with Gasteiger partial charge in [-0.25, -0.2) is 0 Å². The Morgan fingerprint density at radius 2 is 2.00 bits per heavy atom. The Hall–Kier alpha value is -0.420. The molecule has 3 nitrogen and oxygen atoms in total. The van der Waals surface area contributed by atoms with E-state index in [1.165, 1.54) is 0 Å². The molecule has 2 atom stereocenters. The minimum atomic E-state index is -0.886. The fourth-order valence-corrected chi connectivity index (χ4v) is 1.72. The molecule has 1 aromatic rings. The molecule has 0 aromatic heterocycles. The maximum absolute atomic E-state index is 9.74. The smallest absolute Gasteiger partial charge is 0.106 e. The number of alkyl halides is 1. The van der Waals surface area contributed by atoms with Crippen LogP contribution in [0.2, 0.25) is 0 Å². The van der Waals surface area contributed by atoms with Crippen LogP contribution in [0.1, 0.15) is 17.2 Å². The summed E-state index contributed by atoms with van der Waals surface area (Å²) in [7, 11) is 0. The van der Waals surface area contributed by atoms with Crippen LogP contribution in [0.3, 0.4) is 0 Å². The van der Waals surface area contributed by atoms with Crippen molar-refractivity contribution in [3.8, 4) is 0 Å². The molecule has 0 amide bonds. The molecule has 0 bridgehead atoms. The summed E-state index contributed by atoms with van der Waals surface area (Å²) >= 11 is 3.11. The normalized spacial score (nSPS) is 14.9. The molecule has 1 rings (SSSR count). The molecule has 1 aromatic carbocycles. The van der Waals surface area contributed by atoms with Crippen molar-refractivity contribution in [3.63, 3.8) is 0 Å². The van der Waals surface area contributed by atoms with Crippen LogP contribution in [-0.2, 0) is 6.42 Å². The predicted octanol–water partition coefficient (Wildman–Crippen LogP) is 1.01. The minimum absolute atomic E-state index is 0.0839. The molecular formula is C11H15BrO3. The van der Waals surface area contributed by atoms with Crippen LogP contribution in [0.4, 0.5) is 0 Å². The average Bonchev–Trinajstić information content (AvgIpc) is 2.28. The van der Waals surface area contributed by atoms with Crippen LogP contribution in [-0.4, -0.2) is 33.4 Å². The van der Waals surface area contributed by atoms with Gasteiger partial charge in [0, 0.05) is 11.9 Å². The molecule has 0 saturated carbocycles. The minimum Gasteiger partial charge on any atom is -0.396 e. The number of hydrogen-bond donors (Lipinski definition) is 3. The van der Waals surface area contributed by atoms with E-state index >= 15 is 0 Å². The Kier molecular flexibility index (Phi) is 5.25. The second-order valence-electron chi connectivity index (χ2n) is 3.39. The van der Waals surface area contributed by atoms with E-state index in [0.717, 1.165) is 5.56 Å². The van der Waals surface area contributed by atoms with E-state index in [0.29, 0.717) is 17.3 Å². The van der Waals surface area contributed by atoms with E-state index in [2.05, 4.69) is 15.9 Å². The first-order valence-electron chi connectivity index (χ1n) is 4.81. The molecule has 2 unspecified atom stereocenters. The molecule has 0 fully saturated rings. The van der Waals surface area contributed by atoms with Gasteiger partial charge in [0.15, 0.2) is 0 Å². The van der Waals surface area contributed by atoms with Crippen LogP contribution >= 0.6 is 15.9 Å². The third-order valence-electron chi connectivity index (χ3n) is 2.22. The summed E-state index contributed by atoms with van der Waals surface area (Å²) in [4.78, 5) is 0. The summed E-state index contributed by atoms with van der Waals surface area (Å²) in [6.45, 7) is 0.0839. The molecule has 3 N–H and O–H groups in total. The van der Waals surface area contributed by atoms with E-state index in [4.69, 9.17) is 5.11 Å². The number of aliphatic hydroxyl groups is 3. The highest BCUT2D eigenvalue weighted by Gasteiger charge is 2.16. The fourth-order valence-electron chi connectivity index (χ4n) is 1.37. The van der Waals surface area contributed by atoms with Crippen LogP contribution in [0.5, 0.6) is 0 Å². The average molecular weight is 275 g/mol. The van der Waals surface area contributed by atoms with Crippen molar-refractivity contribution in [3.05, 3.63) is 35.4 Å². The summed E-state index contributed by atoms with van der Waals surface area (Å²) in [6.07, 6.45) is -1.14. The number of halogens is 1. The van der Waals surface area contributed by atoms with Crippen LogP contribution in [0, 0.1) is 0 Å². The van der Waals surface area contributed by atoms with E-state index < -0.39 is 12.2 Å². The van der Waals surface area contributed by atoms with Gasteiger partial charge in [-0.2, -0.15) is 0 Å². The van der Waals surface area contributed by atoms with Gasteiger partial charge in [-0.05, 0) is 17.5 Å². The number of rotatable bonds is 5. The summed E-state index contributed by atoms with van der Waals surface area (Å²) < 4.78 is 0. The Morgan fingerprint density at radius 3 is 2.60 bits per heavy atom. The van der Waals surface area contributed by atoms with Gasteiger partial charge in [0.1, 0.15) is 6.10 Å². The lowest BCUT2D eigenvalue weighted by atomic mass is 10.0. The first kappa shape index (κ1) is 12.6. The third kappa shape index (κ3) is 3.57. The molecule has 84 valence electrons. The van der Waals surface area contributed by atoms with Crippen LogP contribution in [0.15, 0.2) is 24.3 Å². The second kappa shape index (κ2) is 6.23. The lowest BCUT2D eigenvalue weighted by molar-refractivity contribution is 0.0342. The number of hydrogen-bond acceptors (Lipinski definition) is 3. The number of benzene rings is 1. The van der Waals surface area contributed by atoms with Crippen molar-refractivity contribution in [2.24, 2.45) is 0 Å². The Labute approximate surface area is 97.5 Å². The fraction of sp³-hybridized carbons (Fsp3) is 0.455. The molecular weight excluding hydrogens is 260 g/mol. The predicted molar refractivity (Wildman–Crippen MR) is 62.0 cm³/mol. The van der Waals surface area contributed by atoms with Crippen molar-refractivity contribution < 1.29 is 15.3 Å². The van der Waals surface area contributed by atoms with Crippen molar-refractivity contribution in [1.82, 2.24) is 0 Å². The summed E-state index contributed by atoms with van der Waals surface area (Å²) in [5.74, 6) is 0. The van der Waals surface area contributed by atoms with Gasteiger partial charge in [-0.1, -0.05) is 40.2 Å². The highest BCUT2D eigenvalue weighted by Crippen LogP contribution is 2.19. The third-order valence-corrected chi connectivity index (χ3v) is 2.88. The first-order chi connectivity index (χ1) is 7.19. The summed E-state index contributed by atoms with van der Waals surface area (Å²) in [5, 5.41) is 28.3. The summed E-state index contributed by atoms with van der Waals surface area (Å²) in [5.41, 5.74) is 1.63. The van der Waals surface area contributed by atoms with Crippen LogP contribution in [0.25, 0.3) is 0 Å². The Morgan fingerprint density at radius 1 is 1.27 bits per heavy atom. The molecule has 0 aliphatic heterocycles. The highest BCUT2D eigenvalue weighted by atomic mass is 79.9. The highest BCUT2D eigenvalue weighted by molar-refractivity contribution is 9.09. The monoisotopic (exact) mass is 274 g/mol. The van der Waals surface area contributed by atoms with Gasteiger partial charge < -0.3 is 15.3 Å². The SMILES string of the molecule is OCCc1cccc(C(O)C(O)CBr)c1. The quantitative estimate of drug-likeness (QED) is 0.703. The van der Waals surface area contributed by atoms with Crippen molar-refractivity contribution in [2.45, 2.75) is 18.6 Å². The maximum atomic E-state index is 9.74. The van der Waals surface area contributed by atoms with Gasteiger partial charge in [-0.3, -0.25) is 0 Å². The van der Waals surface area contributed by atoms with E-state index in [-0.39, 0.29) is 6.61 Å².